The molecule has 0 bridgehead atoms. The third kappa shape index (κ3) is 12.1. The van der Waals surface area contributed by atoms with E-state index >= 15 is 0 Å². The zero-order valence-corrected chi connectivity index (χ0v) is 15.9. The molecule has 0 aliphatic heterocycles. The summed E-state index contributed by atoms with van der Waals surface area (Å²) in [6.45, 7) is 0.972. The minimum absolute atomic E-state index is 0. The Bertz CT molecular complexity index is 601. The Hall–Kier alpha value is -0.980. The molecule has 0 atom stereocenters. The molecule has 0 spiro atoms. The summed E-state index contributed by atoms with van der Waals surface area (Å²) < 4.78 is 0. The minimum atomic E-state index is -2.08. The van der Waals surface area contributed by atoms with E-state index in [1.165, 1.54) is 0 Å². The number of benzene rings is 2. The molecule has 0 aliphatic rings. The standard InChI is InChI=1S/C12H8Cl2.C2H4O2.CH2O3.Ca/c13-11-8-4-7-10(12(11)14)9-5-2-1-3-6-9;1-2(3)4;2-1(3)4;/h1-8H;1H3,(H,3,4);(H2,2,3,4);/q;;;+2/p-2. The van der Waals surface area contributed by atoms with Crippen molar-refractivity contribution >= 4 is 73.1 Å². The first-order valence-electron chi connectivity index (χ1n) is 5.82. The van der Waals surface area contributed by atoms with E-state index in [9.17, 15) is 0 Å². The Labute approximate surface area is 173 Å². The third-order valence-corrected chi connectivity index (χ3v) is 2.86. The van der Waals surface area contributed by atoms with Gasteiger partial charge in [-0.2, -0.15) is 0 Å². The van der Waals surface area contributed by atoms with Crippen molar-refractivity contribution in [3.63, 3.8) is 0 Å². The number of carbonyl (C=O) groups excluding carboxylic acids is 1. The van der Waals surface area contributed by atoms with E-state index in [0.717, 1.165) is 18.1 Å². The minimum Gasteiger partial charge on any atom is -0.565 e. The van der Waals surface area contributed by atoms with Gasteiger partial charge in [-0.3, -0.25) is 0 Å². The van der Waals surface area contributed by atoms with E-state index in [-0.39, 0.29) is 37.7 Å². The maximum Gasteiger partial charge on any atom is 2.00 e. The van der Waals surface area contributed by atoms with Crippen LogP contribution in [0.15, 0.2) is 48.5 Å². The number of rotatable bonds is 1. The van der Waals surface area contributed by atoms with Crippen molar-refractivity contribution in [2.75, 3.05) is 0 Å². The zero-order valence-electron chi connectivity index (χ0n) is 12.2. The second kappa shape index (κ2) is 13.5. The first kappa shape index (κ1) is 24.3. The summed E-state index contributed by atoms with van der Waals surface area (Å²) >= 11 is 12.0. The maximum absolute atomic E-state index is 8.89. The molecule has 0 aliphatic carbocycles. The van der Waals surface area contributed by atoms with Crippen molar-refractivity contribution in [3.8, 4) is 11.1 Å². The van der Waals surface area contributed by atoms with Gasteiger partial charge >= 0.3 is 37.7 Å². The quantitative estimate of drug-likeness (QED) is 0.759. The van der Waals surface area contributed by atoms with Crippen molar-refractivity contribution in [2.24, 2.45) is 0 Å². The van der Waals surface area contributed by atoms with Crippen LogP contribution in [0.1, 0.15) is 6.92 Å². The van der Waals surface area contributed by atoms with Gasteiger partial charge in [-0.1, -0.05) is 65.7 Å². The zero-order chi connectivity index (χ0) is 17.1. The molecule has 2 aromatic carbocycles. The van der Waals surface area contributed by atoms with Gasteiger partial charge in [-0.25, -0.2) is 0 Å². The molecule has 0 aromatic heterocycles. The summed E-state index contributed by atoms with van der Waals surface area (Å²) in [6.07, 6.45) is -2.08. The van der Waals surface area contributed by atoms with E-state index in [4.69, 9.17) is 48.1 Å². The fourth-order valence-corrected chi connectivity index (χ4v) is 1.75. The van der Waals surface area contributed by atoms with Crippen LogP contribution in [0, 0.1) is 0 Å². The number of hydrogen-bond acceptors (Lipinski definition) is 4. The van der Waals surface area contributed by atoms with Gasteiger partial charge in [0.1, 0.15) is 0 Å². The molecule has 8 heteroatoms. The van der Waals surface area contributed by atoms with Crippen LogP contribution in [0.3, 0.4) is 0 Å². The van der Waals surface area contributed by atoms with Crippen LogP contribution in [0.25, 0.3) is 11.1 Å². The molecule has 0 amide bonds. The molecule has 118 valence electrons. The van der Waals surface area contributed by atoms with E-state index < -0.39 is 12.1 Å². The van der Waals surface area contributed by atoms with Gasteiger partial charge in [-0.15, -0.1) is 0 Å². The van der Waals surface area contributed by atoms with Crippen LogP contribution in [-0.2, 0) is 4.79 Å². The van der Waals surface area contributed by atoms with Crippen molar-refractivity contribution in [1.29, 1.82) is 0 Å². The van der Waals surface area contributed by atoms with Crippen LogP contribution < -0.4 is 10.2 Å². The number of aliphatic carboxylic acids is 1. The van der Waals surface area contributed by atoms with Crippen molar-refractivity contribution in [2.45, 2.75) is 6.92 Å². The summed E-state index contributed by atoms with van der Waals surface area (Å²) in [5.74, 6) is -1.08. The Kier molecular flexibility index (Phi) is 14.2. The summed E-state index contributed by atoms with van der Waals surface area (Å²) in [7, 11) is 0. The smallest absolute Gasteiger partial charge is 0.565 e. The van der Waals surface area contributed by atoms with E-state index in [0.29, 0.717) is 10.0 Å². The van der Waals surface area contributed by atoms with Crippen LogP contribution in [-0.4, -0.2) is 55.0 Å². The molecule has 1 N–H and O–H groups in total. The monoisotopic (exact) mass is 382 g/mol. The van der Waals surface area contributed by atoms with Crippen LogP contribution >= 0.6 is 23.2 Å². The predicted molar refractivity (Wildman–Crippen MR) is 86.4 cm³/mol. The molecular weight excluding hydrogens is 371 g/mol. The number of carboxylic acids is 1. The largest absolute Gasteiger partial charge is 2.00 e. The second-order valence-electron chi connectivity index (χ2n) is 3.72. The molecule has 0 saturated carbocycles. The Balaban J connectivity index is 0. The van der Waals surface area contributed by atoms with Gasteiger partial charge in [0.05, 0.1) is 10.0 Å². The van der Waals surface area contributed by atoms with Crippen molar-refractivity contribution in [3.05, 3.63) is 58.6 Å². The molecule has 2 aromatic rings. The third-order valence-electron chi connectivity index (χ3n) is 2.04. The van der Waals surface area contributed by atoms with Gasteiger partial charge in [0, 0.05) is 11.5 Å². The van der Waals surface area contributed by atoms with Gasteiger partial charge in [0.2, 0.25) is 6.16 Å². The first-order chi connectivity index (χ1) is 10.3. The van der Waals surface area contributed by atoms with Crippen LogP contribution in [0.2, 0.25) is 10.0 Å². The molecule has 0 heterocycles. The van der Waals surface area contributed by atoms with Gasteiger partial charge in [0.25, 0.3) is 0 Å². The predicted octanol–water partition coefficient (Wildman–Crippen LogP) is 1.92. The van der Waals surface area contributed by atoms with Crippen LogP contribution in [0.4, 0.5) is 4.79 Å². The van der Waals surface area contributed by atoms with Gasteiger partial charge in [0.15, 0.2) is 0 Å². The summed E-state index contributed by atoms with van der Waals surface area (Å²) in [5.41, 5.74) is 2.06. The van der Waals surface area contributed by atoms with E-state index in [1.807, 2.05) is 42.5 Å². The average Bonchev–Trinajstić information content (AvgIpc) is 2.42. The number of hydrogen-bond donors (Lipinski definition) is 1. The SMILES string of the molecule is CC(=O)[O-].Clc1cccc(-c2ccccc2)c1Cl.O=C([O-])O.[Ca+2]. The van der Waals surface area contributed by atoms with Gasteiger partial charge in [-0.05, 0) is 18.6 Å². The number of carbonyl (C=O) groups is 2. The Morgan fingerprint density at radius 2 is 1.39 bits per heavy atom. The Morgan fingerprint density at radius 3 is 1.83 bits per heavy atom. The fraction of sp³-hybridized carbons (Fsp3) is 0.0667. The van der Waals surface area contributed by atoms with Crippen molar-refractivity contribution in [1.82, 2.24) is 0 Å². The van der Waals surface area contributed by atoms with Crippen molar-refractivity contribution < 1.29 is 24.9 Å². The topological polar surface area (TPSA) is 100 Å². The van der Waals surface area contributed by atoms with Crippen LogP contribution in [0.5, 0.6) is 0 Å². The molecule has 0 fully saturated rings. The summed E-state index contributed by atoms with van der Waals surface area (Å²) in [5, 5.41) is 25.4. The van der Waals surface area contributed by atoms with E-state index in [1.54, 1.807) is 6.07 Å². The molecule has 0 saturated heterocycles. The second-order valence-corrected chi connectivity index (χ2v) is 4.51. The first-order valence-corrected chi connectivity index (χ1v) is 6.58. The Morgan fingerprint density at radius 1 is 0.957 bits per heavy atom. The average molecular weight is 383 g/mol. The number of carboxylic acid groups (broad SMARTS) is 3. The van der Waals surface area contributed by atoms with E-state index in [2.05, 4.69) is 0 Å². The molecule has 2 rings (SSSR count). The fourth-order valence-electron chi connectivity index (χ4n) is 1.34. The number of halogens is 2. The summed E-state index contributed by atoms with van der Waals surface area (Å²) in [6, 6.07) is 15.6. The molecule has 0 unspecified atom stereocenters. The summed E-state index contributed by atoms with van der Waals surface area (Å²) in [4.78, 5) is 17.3. The molecule has 0 radical (unpaired) electrons. The molecule has 5 nitrogen and oxygen atoms in total. The van der Waals surface area contributed by atoms with Gasteiger partial charge < -0.3 is 24.9 Å². The molecular formula is C15H12CaCl2O5. The molecule has 23 heavy (non-hydrogen) atoms. The maximum atomic E-state index is 8.89. The normalized spacial score (nSPS) is 8.30.